The molecule has 0 N–H and O–H groups in total. The van der Waals surface area contributed by atoms with Crippen LogP contribution in [0.3, 0.4) is 0 Å². The maximum Gasteiger partial charge on any atom is 0.347 e. The van der Waals surface area contributed by atoms with Crippen LogP contribution in [0.25, 0.3) is 11.0 Å². The van der Waals surface area contributed by atoms with Crippen molar-refractivity contribution in [2.24, 2.45) is 0 Å². The van der Waals surface area contributed by atoms with Gasteiger partial charge in [0, 0.05) is 17.7 Å². The summed E-state index contributed by atoms with van der Waals surface area (Å²) in [6.45, 7) is 3.80. The monoisotopic (exact) mass is 544 g/mol. The van der Waals surface area contributed by atoms with Crippen molar-refractivity contribution in [1.29, 1.82) is 0 Å². The second-order valence-electron chi connectivity index (χ2n) is 8.33. The zero-order valence-electron chi connectivity index (χ0n) is 22.0. The van der Waals surface area contributed by atoms with Crippen molar-refractivity contribution in [3.8, 4) is 23.0 Å². The molecule has 0 amide bonds. The number of ketones is 1. The molecule has 0 unspecified atom stereocenters. The predicted molar refractivity (Wildman–Crippen MR) is 140 cm³/mol. The summed E-state index contributed by atoms with van der Waals surface area (Å²) >= 11 is 0. The van der Waals surface area contributed by atoms with E-state index in [2.05, 4.69) is 0 Å². The summed E-state index contributed by atoms with van der Waals surface area (Å²) in [6, 6.07) is 9.37. The Morgan fingerprint density at radius 3 is 1.87 bits per heavy atom. The van der Waals surface area contributed by atoms with E-state index < -0.39 is 11.4 Å². The van der Waals surface area contributed by atoms with Crippen molar-refractivity contribution in [3.05, 3.63) is 57.9 Å². The Hall–Kier alpha value is -3.64. The van der Waals surface area contributed by atoms with Crippen LogP contribution in [-0.4, -0.2) is 86.1 Å². The number of ether oxygens (including phenoxy) is 8. The van der Waals surface area contributed by atoms with Crippen molar-refractivity contribution in [2.45, 2.75) is 0 Å². The van der Waals surface area contributed by atoms with Crippen LogP contribution in [0.5, 0.6) is 23.0 Å². The molecule has 0 bridgehead atoms. The van der Waals surface area contributed by atoms with Gasteiger partial charge in [-0.15, -0.1) is 0 Å². The molecule has 0 fully saturated rings. The van der Waals surface area contributed by atoms with Crippen LogP contribution in [0.4, 0.5) is 0 Å². The Bertz CT molecular complexity index is 1300. The quantitative estimate of drug-likeness (QED) is 0.356. The van der Waals surface area contributed by atoms with Gasteiger partial charge in [-0.2, -0.15) is 0 Å². The van der Waals surface area contributed by atoms with Crippen molar-refractivity contribution in [2.75, 3.05) is 80.3 Å². The molecule has 4 rings (SSSR count). The van der Waals surface area contributed by atoms with Gasteiger partial charge in [0.2, 0.25) is 5.78 Å². The lowest BCUT2D eigenvalue weighted by atomic mass is 10.0. The molecular formula is C28H32O11. The number of carbonyl (C=O) groups is 1. The zero-order valence-corrected chi connectivity index (χ0v) is 22.0. The average Bonchev–Trinajstić information content (AvgIpc) is 2.95. The highest BCUT2D eigenvalue weighted by molar-refractivity contribution is 6.10. The molecule has 2 heterocycles. The lowest BCUT2D eigenvalue weighted by Gasteiger charge is -2.15. The van der Waals surface area contributed by atoms with Gasteiger partial charge in [0.25, 0.3) is 0 Å². The second kappa shape index (κ2) is 14.5. The number of carbonyl (C=O) groups excluding carboxylic acids is 1. The number of hydrogen-bond acceptors (Lipinski definition) is 11. The minimum atomic E-state index is -0.782. The molecule has 0 saturated heterocycles. The molecule has 2 aromatic carbocycles. The molecule has 39 heavy (non-hydrogen) atoms. The number of hydrogen-bond donors (Lipinski definition) is 0. The minimum absolute atomic E-state index is 0.147. The van der Waals surface area contributed by atoms with Crippen LogP contribution in [0.15, 0.2) is 45.6 Å². The maximum absolute atomic E-state index is 13.4. The molecule has 0 atom stereocenters. The lowest BCUT2D eigenvalue weighted by Crippen LogP contribution is -2.17. The van der Waals surface area contributed by atoms with E-state index in [4.69, 9.17) is 42.3 Å². The molecule has 0 spiro atoms. The third kappa shape index (κ3) is 7.70. The van der Waals surface area contributed by atoms with Crippen LogP contribution in [0.2, 0.25) is 0 Å². The molecule has 0 radical (unpaired) electrons. The fourth-order valence-electron chi connectivity index (χ4n) is 3.83. The number of rotatable bonds is 4. The first-order valence-electron chi connectivity index (χ1n) is 12.6. The zero-order chi connectivity index (χ0) is 27.5. The highest BCUT2D eigenvalue weighted by atomic mass is 16.6. The Morgan fingerprint density at radius 2 is 1.28 bits per heavy atom. The Labute approximate surface area is 225 Å². The summed E-state index contributed by atoms with van der Waals surface area (Å²) < 4.78 is 49.7. The smallest absolute Gasteiger partial charge is 0.347 e. The van der Waals surface area contributed by atoms with Crippen molar-refractivity contribution >= 4 is 16.8 Å². The van der Waals surface area contributed by atoms with Gasteiger partial charge < -0.3 is 42.3 Å². The van der Waals surface area contributed by atoms with Crippen LogP contribution in [-0.2, 0) is 18.9 Å². The van der Waals surface area contributed by atoms with E-state index >= 15 is 0 Å². The minimum Gasteiger partial charge on any atom is -0.496 e. The van der Waals surface area contributed by atoms with Gasteiger partial charge in [0.15, 0.2) is 11.5 Å². The maximum atomic E-state index is 13.4. The van der Waals surface area contributed by atoms with Gasteiger partial charge in [0.1, 0.15) is 35.9 Å². The van der Waals surface area contributed by atoms with Crippen molar-refractivity contribution in [3.63, 3.8) is 0 Å². The third-order valence-electron chi connectivity index (χ3n) is 5.78. The van der Waals surface area contributed by atoms with E-state index in [1.54, 1.807) is 24.3 Å². The predicted octanol–water partition coefficient (Wildman–Crippen LogP) is 2.88. The van der Waals surface area contributed by atoms with Crippen molar-refractivity contribution in [1.82, 2.24) is 0 Å². The second-order valence-corrected chi connectivity index (χ2v) is 8.33. The van der Waals surface area contributed by atoms with Gasteiger partial charge in [0.05, 0.1) is 72.5 Å². The van der Waals surface area contributed by atoms with Gasteiger partial charge >= 0.3 is 5.63 Å². The standard InChI is InChI=1S/C28H32O11/c1-31-20-16-24(32-2)21-18-22(28(30)39-25(21)17-20)27(29)19-3-4-23-26(15-19)38-14-12-36-10-8-34-6-5-33-7-9-35-11-13-37-23/h3-4,15-18H,5-14H2,1-2H3. The molecule has 1 aromatic heterocycles. The molecule has 1 aliphatic rings. The van der Waals surface area contributed by atoms with Crippen molar-refractivity contribution < 1.29 is 47.1 Å². The van der Waals surface area contributed by atoms with Crippen LogP contribution < -0.4 is 24.6 Å². The molecule has 1 aliphatic heterocycles. The highest BCUT2D eigenvalue weighted by Crippen LogP contribution is 2.32. The SMILES string of the molecule is COc1cc(OC)c2cc(C(=O)c3ccc4c(c3)OCCOCCOCCOCCOCCO4)c(=O)oc2c1. The lowest BCUT2D eigenvalue weighted by molar-refractivity contribution is -0.00841. The molecule has 11 nitrogen and oxygen atoms in total. The van der Waals surface area contributed by atoms with E-state index in [0.29, 0.717) is 81.2 Å². The normalized spacial score (nSPS) is 16.2. The fraction of sp³-hybridized carbons (Fsp3) is 0.429. The molecule has 3 aromatic rings. The van der Waals surface area contributed by atoms with E-state index in [9.17, 15) is 9.59 Å². The molecule has 0 aliphatic carbocycles. The first kappa shape index (κ1) is 28.4. The summed E-state index contributed by atoms with van der Waals surface area (Å²) in [4.78, 5) is 26.2. The highest BCUT2D eigenvalue weighted by Gasteiger charge is 2.20. The Kier molecular flexibility index (Phi) is 10.5. The van der Waals surface area contributed by atoms with E-state index in [1.807, 2.05) is 0 Å². The first-order valence-corrected chi connectivity index (χ1v) is 12.6. The molecular weight excluding hydrogens is 512 g/mol. The first-order chi connectivity index (χ1) is 19.1. The fourth-order valence-corrected chi connectivity index (χ4v) is 3.83. The average molecular weight is 545 g/mol. The number of fused-ring (bicyclic) bond motifs is 2. The van der Waals surface area contributed by atoms with Crippen LogP contribution >= 0.6 is 0 Å². The molecule has 210 valence electrons. The Balaban J connectivity index is 1.56. The van der Waals surface area contributed by atoms with E-state index in [1.165, 1.54) is 26.4 Å². The largest absolute Gasteiger partial charge is 0.496 e. The summed E-state index contributed by atoms with van der Waals surface area (Å²) in [5.74, 6) is 1.08. The number of methoxy groups -OCH3 is 2. The van der Waals surface area contributed by atoms with Gasteiger partial charge in [-0.3, -0.25) is 4.79 Å². The van der Waals surface area contributed by atoms with Gasteiger partial charge in [-0.05, 0) is 24.3 Å². The van der Waals surface area contributed by atoms with Gasteiger partial charge in [-0.1, -0.05) is 0 Å². The topological polar surface area (TPSA) is 121 Å². The van der Waals surface area contributed by atoms with E-state index in [0.717, 1.165) is 0 Å². The summed E-state index contributed by atoms with van der Waals surface area (Å²) in [7, 11) is 2.97. The molecule has 11 heteroatoms. The molecule has 0 saturated carbocycles. The Morgan fingerprint density at radius 1 is 0.692 bits per heavy atom. The van der Waals surface area contributed by atoms with E-state index in [-0.39, 0.29) is 29.9 Å². The summed E-state index contributed by atoms with van der Waals surface area (Å²) in [6.07, 6.45) is 0. The van der Waals surface area contributed by atoms with Crippen LogP contribution in [0, 0.1) is 0 Å². The van der Waals surface area contributed by atoms with Crippen LogP contribution in [0.1, 0.15) is 15.9 Å². The van der Waals surface area contributed by atoms with Gasteiger partial charge in [-0.25, -0.2) is 4.79 Å². The summed E-state index contributed by atoms with van der Waals surface area (Å²) in [5.41, 5.74) is -0.464. The third-order valence-corrected chi connectivity index (χ3v) is 5.78. The summed E-state index contributed by atoms with van der Waals surface area (Å²) in [5, 5.41) is 0.462. The number of benzene rings is 2.